The molecule has 0 fully saturated rings. The molecule has 0 spiro atoms. The molecule has 2 amide bonds. The van der Waals surface area contributed by atoms with Crippen molar-refractivity contribution in [2.45, 2.75) is 0 Å². The van der Waals surface area contributed by atoms with E-state index in [9.17, 15) is 19.7 Å². The van der Waals surface area contributed by atoms with Gasteiger partial charge >= 0.3 is 12.0 Å². The molecule has 102 valence electrons. The minimum Gasteiger partial charge on any atom is -0.468 e. The number of amides is 2. The summed E-state index contributed by atoms with van der Waals surface area (Å²) < 4.78 is 4.43. The number of carbonyl (C=O) groups is 2. The molecular weight excluding hydrogens is 254 g/mol. The number of ether oxygens (including phenoxy) is 1. The first-order valence-electron chi connectivity index (χ1n) is 5.27. The van der Waals surface area contributed by atoms with Gasteiger partial charge in [-0.3, -0.25) is 14.9 Å². The third-order valence-corrected chi connectivity index (χ3v) is 2.27. The maximum absolute atomic E-state index is 11.7. The highest BCUT2D eigenvalue weighted by molar-refractivity contribution is 5.91. The number of anilines is 1. The maximum Gasteiger partial charge on any atom is 0.325 e. The normalized spacial score (nSPS) is 9.58. The summed E-state index contributed by atoms with van der Waals surface area (Å²) in [5.41, 5.74) is 0.327. The molecule has 0 saturated carbocycles. The van der Waals surface area contributed by atoms with Gasteiger partial charge in [-0.15, -0.1) is 0 Å². The minimum absolute atomic E-state index is 0.0686. The zero-order valence-electron chi connectivity index (χ0n) is 10.5. The van der Waals surface area contributed by atoms with Crippen LogP contribution in [0.2, 0.25) is 0 Å². The highest BCUT2D eigenvalue weighted by Gasteiger charge is 2.13. The van der Waals surface area contributed by atoms with Crippen LogP contribution in [0.3, 0.4) is 0 Å². The molecule has 0 aliphatic rings. The summed E-state index contributed by atoms with van der Waals surface area (Å²) >= 11 is 0. The number of methoxy groups -OCH3 is 1. The summed E-state index contributed by atoms with van der Waals surface area (Å²) in [6.45, 7) is -0.185. The molecular formula is C11H13N3O5. The molecule has 0 saturated heterocycles. The standard InChI is InChI=1S/C11H13N3O5/c1-13(7-10(15)19-2)11(16)12-8-3-5-9(6-4-8)14(17)18/h3-6H,7H2,1-2H3,(H,12,16). The van der Waals surface area contributed by atoms with E-state index in [1.807, 2.05) is 0 Å². The number of nitrogens with one attached hydrogen (secondary N) is 1. The third-order valence-electron chi connectivity index (χ3n) is 2.27. The van der Waals surface area contributed by atoms with Crippen molar-refractivity contribution in [3.05, 3.63) is 34.4 Å². The van der Waals surface area contributed by atoms with Gasteiger partial charge in [0.1, 0.15) is 6.54 Å². The lowest BCUT2D eigenvalue weighted by atomic mass is 10.3. The molecule has 19 heavy (non-hydrogen) atoms. The lowest BCUT2D eigenvalue weighted by molar-refractivity contribution is -0.384. The average Bonchev–Trinajstić information content (AvgIpc) is 2.38. The zero-order chi connectivity index (χ0) is 14.4. The largest absolute Gasteiger partial charge is 0.468 e. The summed E-state index contributed by atoms with van der Waals surface area (Å²) in [6.07, 6.45) is 0. The van der Waals surface area contributed by atoms with E-state index in [0.717, 1.165) is 4.90 Å². The van der Waals surface area contributed by atoms with E-state index >= 15 is 0 Å². The Kier molecular flexibility index (Phi) is 4.81. The van der Waals surface area contributed by atoms with E-state index in [2.05, 4.69) is 10.1 Å². The molecule has 0 aliphatic heterocycles. The fourth-order valence-corrected chi connectivity index (χ4v) is 1.22. The number of hydrogen-bond donors (Lipinski definition) is 1. The zero-order valence-corrected chi connectivity index (χ0v) is 10.5. The van der Waals surface area contributed by atoms with Crippen LogP contribution in [0, 0.1) is 10.1 Å². The van der Waals surface area contributed by atoms with Crippen LogP contribution in [0.5, 0.6) is 0 Å². The van der Waals surface area contributed by atoms with Gasteiger partial charge in [-0.25, -0.2) is 4.79 Å². The van der Waals surface area contributed by atoms with Gasteiger partial charge in [0.25, 0.3) is 5.69 Å². The molecule has 8 heteroatoms. The Hall–Kier alpha value is -2.64. The first-order valence-corrected chi connectivity index (χ1v) is 5.27. The average molecular weight is 267 g/mol. The van der Waals surface area contributed by atoms with Crippen molar-refractivity contribution in [1.29, 1.82) is 0 Å². The molecule has 0 atom stereocenters. The topological polar surface area (TPSA) is 102 Å². The van der Waals surface area contributed by atoms with Crippen LogP contribution in [0.25, 0.3) is 0 Å². The molecule has 1 aromatic carbocycles. The fraction of sp³-hybridized carbons (Fsp3) is 0.273. The smallest absolute Gasteiger partial charge is 0.325 e. The second kappa shape index (κ2) is 6.34. The Morgan fingerprint density at radius 1 is 1.37 bits per heavy atom. The van der Waals surface area contributed by atoms with Crippen LogP contribution < -0.4 is 5.32 Å². The predicted octanol–water partition coefficient (Wildman–Crippen LogP) is 1.23. The van der Waals surface area contributed by atoms with Crippen LogP contribution >= 0.6 is 0 Å². The van der Waals surface area contributed by atoms with E-state index in [1.165, 1.54) is 38.4 Å². The summed E-state index contributed by atoms with van der Waals surface area (Å²) in [5.74, 6) is -0.540. The Morgan fingerprint density at radius 3 is 2.42 bits per heavy atom. The Labute approximate surface area is 109 Å². The Morgan fingerprint density at radius 2 is 1.95 bits per heavy atom. The monoisotopic (exact) mass is 267 g/mol. The molecule has 0 radical (unpaired) electrons. The van der Waals surface area contributed by atoms with E-state index in [1.54, 1.807) is 0 Å². The van der Waals surface area contributed by atoms with Crippen LogP contribution in [0.15, 0.2) is 24.3 Å². The van der Waals surface area contributed by atoms with E-state index in [-0.39, 0.29) is 12.2 Å². The SMILES string of the molecule is COC(=O)CN(C)C(=O)Nc1ccc([N+](=O)[O-])cc1. The van der Waals surface area contributed by atoms with Gasteiger partial charge in [0, 0.05) is 24.9 Å². The molecule has 0 aliphatic carbocycles. The number of rotatable bonds is 4. The van der Waals surface area contributed by atoms with Gasteiger partial charge in [0.05, 0.1) is 12.0 Å². The number of likely N-dealkylation sites (N-methyl/N-ethyl adjacent to an activating group) is 1. The fourth-order valence-electron chi connectivity index (χ4n) is 1.22. The van der Waals surface area contributed by atoms with E-state index in [0.29, 0.717) is 5.69 Å². The molecule has 1 rings (SSSR count). The summed E-state index contributed by atoms with van der Waals surface area (Å²) in [4.78, 5) is 33.7. The number of hydrogen-bond acceptors (Lipinski definition) is 5. The van der Waals surface area contributed by atoms with Crippen molar-refractivity contribution < 1.29 is 19.2 Å². The molecule has 0 heterocycles. The van der Waals surface area contributed by atoms with Crippen molar-refractivity contribution in [3.63, 3.8) is 0 Å². The lowest BCUT2D eigenvalue weighted by Crippen LogP contribution is -2.35. The van der Waals surface area contributed by atoms with Crippen molar-refractivity contribution in [1.82, 2.24) is 4.90 Å². The number of benzene rings is 1. The van der Waals surface area contributed by atoms with E-state index in [4.69, 9.17) is 0 Å². The highest BCUT2D eigenvalue weighted by atomic mass is 16.6. The molecule has 1 aromatic rings. The van der Waals surface area contributed by atoms with Crippen molar-refractivity contribution in [2.24, 2.45) is 0 Å². The second-order valence-corrected chi connectivity index (χ2v) is 3.67. The van der Waals surface area contributed by atoms with Gasteiger partial charge in [-0.1, -0.05) is 0 Å². The Bertz CT molecular complexity index is 486. The van der Waals surface area contributed by atoms with Gasteiger partial charge in [-0.2, -0.15) is 0 Å². The second-order valence-electron chi connectivity index (χ2n) is 3.67. The number of non-ortho nitro benzene ring substituents is 1. The number of nitrogens with zero attached hydrogens (tertiary/aromatic N) is 2. The van der Waals surface area contributed by atoms with Crippen molar-refractivity contribution in [3.8, 4) is 0 Å². The maximum atomic E-state index is 11.7. The molecule has 0 bridgehead atoms. The van der Waals surface area contributed by atoms with E-state index < -0.39 is 16.9 Å². The molecule has 1 N–H and O–H groups in total. The summed E-state index contributed by atoms with van der Waals surface area (Å²) in [7, 11) is 2.65. The number of esters is 1. The van der Waals surface area contributed by atoms with Crippen LogP contribution in [-0.2, 0) is 9.53 Å². The lowest BCUT2D eigenvalue weighted by Gasteiger charge is -2.16. The number of urea groups is 1. The quantitative estimate of drug-likeness (QED) is 0.502. The molecule has 8 nitrogen and oxygen atoms in total. The Balaban J connectivity index is 2.61. The van der Waals surface area contributed by atoms with Gasteiger partial charge < -0.3 is 15.0 Å². The molecule has 0 unspecified atom stereocenters. The van der Waals surface area contributed by atoms with Crippen molar-refractivity contribution >= 4 is 23.4 Å². The van der Waals surface area contributed by atoms with Crippen LogP contribution in [0.1, 0.15) is 0 Å². The number of carbonyl (C=O) groups excluding carboxylic acids is 2. The molecule has 0 aromatic heterocycles. The summed E-state index contributed by atoms with van der Waals surface area (Å²) in [6, 6.07) is 4.84. The van der Waals surface area contributed by atoms with Crippen LogP contribution in [0.4, 0.5) is 16.2 Å². The summed E-state index contributed by atoms with van der Waals surface area (Å²) in [5, 5.41) is 12.9. The first kappa shape index (κ1) is 14.4. The number of nitro groups is 1. The first-order chi connectivity index (χ1) is 8.93. The van der Waals surface area contributed by atoms with Gasteiger partial charge in [0.2, 0.25) is 0 Å². The van der Waals surface area contributed by atoms with Crippen LogP contribution in [-0.4, -0.2) is 42.5 Å². The minimum atomic E-state index is -0.540. The number of nitro benzene ring substituents is 1. The van der Waals surface area contributed by atoms with Gasteiger partial charge in [-0.05, 0) is 12.1 Å². The van der Waals surface area contributed by atoms with Crippen molar-refractivity contribution in [2.75, 3.05) is 26.0 Å². The predicted molar refractivity (Wildman–Crippen MR) is 66.8 cm³/mol. The van der Waals surface area contributed by atoms with Gasteiger partial charge in [0.15, 0.2) is 0 Å². The third kappa shape index (κ3) is 4.26. The highest BCUT2D eigenvalue weighted by Crippen LogP contribution is 2.15.